The van der Waals surface area contributed by atoms with Crippen LogP contribution in [0.3, 0.4) is 0 Å². The second-order valence-corrected chi connectivity index (χ2v) is 7.98. The van der Waals surface area contributed by atoms with Gasteiger partial charge < -0.3 is 10.1 Å². The van der Waals surface area contributed by atoms with E-state index in [1.54, 1.807) is 29.1 Å². The van der Waals surface area contributed by atoms with Crippen LogP contribution in [0.1, 0.15) is 40.0 Å². The molecular weight excluding hydrogens is 421 g/mol. The Morgan fingerprint density at radius 3 is 2.59 bits per heavy atom. The van der Waals surface area contributed by atoms with Crippen molar-refractivity contribution in [3.05, 3.63) is 77.5 Å². The van der Waals surface area contributed by atoms with Gasteiger partial charge in [0.15, 0.2) is 0 Å². The van der Waals surface area contributed by atoms with Crippen LogP contribution in [0, 0.1) is 6.92 Å². The number of aryl methyl sites for hydroxylation is 1. The van der Waals surface area contributed by atoms with Gasteiger partial charge in [-0.25, -0.2) is 9.97 Å². The Kier molecular flexibility index (Phi) is 6.01. The number of nitrogens with one attached hydrogen (secondary N) is 1. The molecule has 0 saturated carbocycles. The third-order valence-corrected chi connectivity index (χ3v) is 5.83. The molecule has 9 heteroatoms. The number of hydrogen-bond donors (Lipinski definition) is 1. The van der Waals surface area contributed by atoms with Crippen molar-refractivity contribution in [2.24, 2.45) is 0 Å². The number of amides is 1. The lowest BCUT2D eigenvalue weighted by molar-refractivity contribution is -0.137. The van der Waals surface area contributed by atoms with Crippen LogP contribution >= 0.6 is 0 Å². The third kappa shape index (κ3) is 4.67. The van der Waals surface area contributed by atoms with Crippen molar-refractivity contribution in [2.45, 2.75) is 31.4 Å². The van der Waals surface area contributed by atoms with Gasteiger partial charge in [0, 0.05) is 37.6 Å². The van der Waals surface area contributed by atoms with Crippen LogP contribution in [-0.4, -0.2) is 40.2 Å². The summed E-state index contributed by atoms with van der Waals surface area (Å²) in [5.41, 5.74) is 0.458. The Balaban J connectivity index is 1.51. The highest BCUT2D eigenvalue weighted by Gasteiger charge is 2.37. The SMILES string of the molecule is Cc1cn(-c2ccc(C(=O)NCC3(c4cccc(C(F)(F)F)c4)CCOCC3)cn2)cn1. The van der Waals surface area contributed by atoms with E-state index in [4.69, 9.17) is 4.74 Å². The molecular formula is C23H23F3N4O2. The molecule has 0 radical (unpaired) electrons. The number of aromatic nitrogens is 3. The number of carbonyl (C=O) groups is 1. The number of benzene rings is 1. The number of halogens is 3. The molecule has 6 nitrogen and oxygen atoms in total. The van der Waals surface area contributed by atoms with Crippen LogP contribution in [-0.2, 0) is 16.3 Å². The van der Waals surface area contributed by atoms with E-state index in [0.29, 0.717) is 43.0 Å². The molecule has 0 unspecified atom stereocenters. The Bertz CT molecular complexity index is 1090. The van der Waals surface area contributed by atoms with Crippen molar-refractivity contribution in [3.8, 4) is 5.82 Å². The molecule has 0 atom stereocenters. The Labute approximate surface area is 183 Å². The third-order valence-electron chi connectivity index (χ3n) is 5.83. The molecule has 1 fully saturated rings. The van der Waals surface area contributed by atoms with E-state index in [2.05, 4.69) is 15.3 Å². The highest BCUT2D eigenvalue weighted by Crippen LogP contribution is 2.37. The number of pyridine rings is 1. The summed E-state index contributed by atoms with van der Waals surface area (Å²) in [5.74, 6) is 0.302. The number of carbonyl (C=O) groups excluding carboxylic acids is 1. The van der Waals surface area contributed by atoms with E-state index < -0.39 is 17.2 Å². The summed E-state index contributed by atoms with van der Waals surface area (Å²) in [4.78, 5) is 21.2. The molecule has 168 valence electrons. The number of rotatable bonds is 5. The minimum atomic E-state index is -4.42. The van der Waals surface area contributed by atoms with Gasteiger partial charge in [-0.1, -0.05) is 18.2 Å². The zero-order valence-electron chi connectivity index (χ0n) is 17.5. The van der Waals surface area contributed by atoms with Gasteiger partial charge in [0.1, 0.15) is 12.1 Å². The summed E-state index contributed by atoms with van der Waals surface area (Å²) < 4.78 is 46.9. The summed E-state index contributed by atoms with van der Waals surface area (Å²) in [6, 6.07) is 8.72. The molecule has 3 aromatic rings. The van der Waals surface area contributed by atoms with Gasteiger partial charge in [0.2, 0.25) is 0 Å². The molecule has 1 saturated heterocycles. The zero-order chi connectivity index (χ0) is 22.8. The predicted octanol–water partition coefficient (Wildman–Crippen LogP) is 4.07. The smallest absolute Gasteiger partial charge is 0.381 e. The maximum absolute atomic E-state index is 13.2. The topological polar surface area (TPSA) is 69.0 Å². The molecule has 32 heavy (non-hydrogen) atoms. The van der Waals surface area contributed by atoms with Crippen LogP contribution in [0.2, 0.25) is 0 Å². The molecule has 3 heterocycles. The first kappa shape index (κ1) is 22.0. The standard InChI is InChI=1S/C23H23F3N4O2/c1-16-13-30(15-29-16)20-6-5-17(12-27-20)21(31)28-14-22(7-9-32-10-8-22)18-3-2-4-19(11-18)23(24,25)26/h2-6,11-13,15H,7-10,14H2,1H3,(H,28,31). The van der Waals surface area contributed by atoms with Crippen LogP contribution in [0.4, 0.5) is 13.2 Å². The van der Waals surface area contributed by atoms with Crippen molar-refractivity contribution in [1.82, 2.24) is 19.9 Å². The first-order valence-electron chi connectivity index (χ1n) is 10.3. The van der Waals surface area contributed by atoms with Gasteiger partial charge in [0.25, 0.3) is 5.91 Å². The van der Waals surface area contributed by atoms with Crippen molar-refractivity contribution < 1.29 is 22.7 Å². The normalized spacial score (nSPS) is 16.0. The van der Waals surface area contributed by atoms with Crippen LogP contribution in [0.5, 0.6) is 0 Å². The van der Waals surface area contributed by atoms with Crippen LogP contribution in [0.25, 0.3) is 5.82 Å². The lowest BCUT2D eigenvalue weighted by Crippen LogP contribution is -2.44. The molecule has 1 N–H and O–H groups in total. The first-order valence-corrected chi connectivity index (χ1v) is 10.3. The van der Waals surface area contributed by atoms with E-state index in [1.807, 2.05) is 13.1 Å². The van der Waals surface area contributed by atoms with Crippen molar-refractivity contribution in [3.63, 3.8) is 0 Å². The van der Waals surface area contributed by atoms with Gasteiger partial charge in [-0.2, -0.15) is 13.2 Å². The maximum Gasteiger partial charge on any atom is 0.416 e. The fourth-order valence-corrected chi connectivity index (χ4v) is 3.93. The molecule has 0 bridgehead atoms. The lowest BCUT2D eigenvalue weighted by Gasteiger charge is -2.38. The van der Waals surface area contributed by atoms with E-state index in [0.717, 1.165) is 11.8 Å². The lowest BCUT2D eigenvalue weighted by atomic mass is 9.73. The average Bonchev–Trinajstić information content (AvgIpc) is 3.24. The largest absolute Gasteiger partial charge is 0.416 e. The molecule has 1 aromatic carbocycles. The van der Waals surface area contributed by atoms with E-state index in [9.17, 15) is 18.0 Å². The van der Waals surface area contributed by atoms with E-state index in [-0.39, 0.29) is 12.5 Å². The summed E-state index contributed by atoms with van der Waals surface area (Å²) in [7, 11) is 0. The van der Waals surface area contributed by atoms with Crippen molar-refractivity contribution >= 4 is 5.91 Å². The number of alkyl halides is 3. The predicted molar refractivity (Wildman–Crippen MR) is 112 cm³/mol. The summed E-state index contributed by atoms with van der Waals surface area (Å²) in [6.07, 6.45) is 1.55. The molecule has 0 aliphatic carbocycles. The molecule has 1 amide bonds. The summed E-state index contributed by atoms with van der Waals surface area (Å²) in [6.45, 7) is 2.92. The molecule has 0 spiro atoms. The van der Waals surface area contributed by atoms with Crippen LogP contribution < -0.4 is 5.32 Å². The molecule has 1 aliphatic heterocycles. The number of ether oxygens (including phenoxy) is 1. The molecule has 4 rings (SSSR count). The average molecular weight is 444 g/mol. The second-order valence-electron chi connectivity index (χ2n) is 7.98. The van der Waals surface area contributed by atoms with Crippen molar-refractivity contribution in [2.75, 3.05) is 19.8 Å². The van der Waals surface area contributed by atoms with Gasteiger partial charge in [-0.05, 0) is 43.5 Å². The van der Waals surface area contributed by atoms with E-state index >= 15 is 0 Å². The minimum absolute atomic E-state index is 0.207. The monoisotopic (exact) mass is 444 g/mol. The van der Waals surface area contributed by atoms with E-state index in [1.165, 1.54) is 18.3 Å². The zero-order valence-corrected chi connectivity index (χ0v) is 17.5. The number of hydrogen-bond acceptors (Lipinski definition) is 4. The molecule has 2 aromatic heterocycles. The second kappa shape index (κ2) is 8.74. The highest BCUT2D eigenvalue weighted by molar-refractivity contribution is 5.94. The first-order chi connectivity index (χ1) is 15.3. The number of imidazole rings is 1. The quantitative estimate of drug-likeness (QED) is 0.644. The Morgan fingerprint density at radius 2 is 1.97 bits per heavy atom. The Hall–Kier alpha value is -3.20. The van der Waals surface area contributed by atoms with Gasteiger partial charge in [0.05, 0.1) is 16.8 Å². The van der Waals surface area contributed by atoms with Gasteiger partial charge in [-0.15, -0.1) is 0 Å². The highest BCUT2D eigenvalue weighted by atomic mass is 19.4. The Morgan fingerprint density at radius 1 is 1.19 bits per heavy atom. The summed E-state index contributed by atoms with van der Waals surface area (Å²) >= 11 is 0. The number of nitrogens with zero attached hydrogens (tertiary/aromatic N) is 3. The van der Waals surface area contributed by atoms with Gasteiger partial charge >= 0.3 is 6.18 Å². The van der Waals surface area contributed by atoms with Crippen molar-refractivity contribution in [1.29, 1.82) is 0 Å². The summed E-state index contributed by atoms with van der Waals surface area (Å²) in [5, 5.41) is 2.89. The fourth-order valence-electron chi connectivity index (χ4n) is 3.93. The van der Waals surface area contributed by atoms with Crippen LogP contribution in [0.15, 0.2) is 55.1 Å². The fraction of sp³-hybridized carbons (Fsp3) is 0.348. The maximum atomic E-state index is 13.2. The van der Waals surface area contributed by atoms with Gasteiger partial charge in [-0.3, -0.25) is 9.36 Å². The minimum Gasteiger partial charge on any atom is -0.381 e. The molecule has 1 aliphatic rings.